The molecular weight excluding hydrogens is 230 g/mol. The Morgan fingerprint density at radius 2 is 2.33 bits per heavy atom. The molecular formula is C14H19NO3. The van der Waals surface area contributed by atoms with Crippen molar-refractivity contribution < 1.29 is 14.3 Å². The molecule has 1 heterocycles. The molecule has 0 saturated carbocycles. The summed E-state index contributed by atoms with van der Waals surface area (Å²) < 4.78 is 5.41. The normalized spacial score (nSPS) is 22.3. The predicted octanol–water partition coefficient (Wildman–Crippen LogP) is 1.57. The summed E-state index contributed by atoms with van der Waals surface area (Å²) >= 11 is 0. The molecule has 0 aromatic carbocycles. The van der Waals surface area contributed by atoms with Gasteiger partial charge in [0.25, 0.3) is 0 Å². The number of hydrogen-bond donors (Lipinski definition) is 2. The molecule has 2 N–H and O–H groups in total. The van der Waals surface area contributed by atoms with Gasteiger partial charge in [0.2, 0.25) is 5.91 Å². The number of aliphatic hydroxyl groups is 1. The van der Waals surface area contributed by atoms with Crippen molar-refractivity contribution in [2.24, 2.45) is 5.92 Å². The highest BCUT2D eigenvalue weighted by molar-refractivity contribution is 5.76. The Labute approximate surface area is 107 Å². The summed E-state index contributed by atoms with van der Waals surface area (Å²) in [4.78, 5) is 11.7. The van der Waals surface area contributed by atoms with Crippen LogP contribution in [0.3, 0.4) is 0 Å². The monoisotopic (exact) mass is 249 g/mol. The Balaban J connectivity index is 1.71. The largest absolute Gasteiger partial charge is 0.466 e. The maximum atomic E-state index is 11.7. The lowest BCUT2D eigenvalue weighted by molar-refractivity contribution is -0.121. The van der Waals surface area contributed by atoms with E-state index in [1.165, 1.54) is 0 Å². The van der Waals surface area contributed by atoms with Crippen molar-refractivity contribution in [3.05, 3.63) is 35.8 Å². The Morgan fingerprint density at radius 1 is 1.50 bits per heavy atom. The highest BCUT2D eigenvalue weighted by Gasteiger charge is 2.19. The van der Waals surface area contributed by atoms with Crippen LogP contribution in [0.15, 0.2) is 28.7 Å². The lowest BCUT2D eigenvalue weighted by Crippen LogP contribution is -2.33. The first-order chi connectivity index (χ1) is 8.67. The van der Waals surface area contributed by atoms with Crippen LogP contribution in [0.2, 0.25) is 0 Å². The van der Waals surface area contributed by atoms with Crippen molar-refractivity contribution in [2.45, 2.75) is 32.2 Å². The van der Waals surface area contributed by atoms with E-state index in [0.717, 1.165) is 17.9 Å². The molecule has 0 bridgehead atoms. The maximum Gasteiger partial charge on any atom is 0.220 e. The van der Waals surface area contributed by atoms with Crippen LogP contribution in [-0.2, 0) is 11.2 Å². The molecule has 0 fully saturated rings. The first-order valence-corrected chi connectivity index (χ1v) is 6.31. The topological polar surface area (TPSA) is 62.5 Å². The van der Waals surface area contributed by atoms with Gasteiger partial charge < -0.3 is 14.8 Å². The molecule has 1 aromatic rings. The first-order valence-electron chi connectivity index (χ1n) is 6.31. The summed E-state index contributed by atoms with van der Waals surface area (Å²) in [7, 11) is 0. The molecule has 0 radical (unpaired) electrons. The third-order valence-electron chi connectivity index (χ3n) is 3.15. The molecule has 0 unspecified atom stereocenters. The molecule has 2 rings (SSSR count). The smallest absolute Gasteiger partial charge is 0.220 e. The summed E-state index contributed by atoms with van der Waals surface area (Å²) in [6.45, 7) is 2.04. The number of furan rings is 1. The van der Waals surface area contributed by atoms with Crippen molar-refractivity contribution in [3.8, 4) is 0 Å². The second-order valence-electron chi connectivity index (χ2n) is 4.75. The van der Waals surface area contributed by atoms with E-state index in [4.69, 9.17) is 9.52 Å². The van der Waals surface area contributed by atoms with E-state index >= 15 is 0 Å². The van der Waals surface area contributed by atoms with Gasteiger partial charge in [0.05, 0.1) is 0 Å². The van der Waals surface area contributed by atoms with Crippen molar-refractivity contribution in [2.75, 3.05) is 6.61 Å². The molecule has 1 aliphatic carbocycles. The van der Waals surface area contributed by atoms with Gasteiger partial charge >= 0.3 is 0 Å². The second kappa shape index (κ2) is 5.87. The maximum absolute atomic E-state index is 11.7. The third kappa shape index (κ3) is 3.47. The standard InChI is InChI=1S/C14H19NO3/c1-10-2-5-13(18-10)6-7-14(17)15-12-4-3-11(8-12)9-16/h2-5,11-12,16H,6-9H2,1H3,(H,15,17)/t11-,12+/m0/s1. The van der Waals surface area contributed by atoms with Crippen LogP contribution in [0.5, 0.6) is 0 Å². The fraction of sp³-hybridized carbons (Fsp3) is 0.500. The van der Waals surface area contributed by atoms with Crippen molar-refractivity contribution in [1.29, 1.82) is 0 Å². The van der Waals surface area contributed by atoms with Crippen molar-refractivity contribution in [1.82, 2.24) is 5.32 Å². The SMILES string of the molecule is Cc1ccc(CCC(=O)N[C@@H]2C=C[C@H](CO)C2)o1. The minimum absolute atomic E-state index is 0.0253. The van der Waals surface area contributed by atoms with Crippen LogP contribution >= 0.6 is 0 Å². The zero-order valence-electron chi connectivity index (χ0n) is 10.6. The zero-order chi connectivity index (χ0) is 13.0. The van der Waals surface area contributed by atoms with E-state index in [-0.39, 0.29) is 24.5 Å². The molecule has 4 nitrogen and oxygen atoms in total. The molecule has 2 atom stereocenters. The summed E-state index contributed by atoms with van der Waals surface area (Å²) in [5, 5.41) is 11.9. The number of hydrogen-bond acceptors (Lipinski definition) is 3. The highest BCUT2D eigenvalue weighted by atomic mass is 16.3. The Morgan fingerprint density at radius 3 is 2.94 bits per heavy atom. The summed E-state index contributed by atoms with van der Waals surface area (Å²) in [6, 6.07) is 3.87. The van der Waals surface area contributed by atoms with E-state index in [1.807, 2.05) is 31.2 Å². The van der Waals surface area contributed by atoms with Gasteiger partial charge in [0.15, 0.2) is 0 Å². The van der Waals surface area contributed by atoms with Crippen LogP contribution in [0, 0.1) is 12.8 Å². The van der Waals surface area contributed by atoms with E-state index in [9.17, 15) is 4.79 Å². The van der Waals surface area contributed by atoms with Crippen LogP contribution < -0.4 is 5.32 Å². The average Bonchev–Trinajstić information content (AvgIpc) is 2.95. The quantitative estimate of drug-likeness (QED) is 0.779. The molecule has 98 valence electrons. The van der Waals surface area contributed by atoms with Gasteiger partial charge in [-0.05, 0) is 25.5 Å². The van der Waals surface area contributed by atoms with Gasteiger partial charge in [0.1, 0.15) is 11.5 Å². The lowest BCUT2D eigenvalue weighted by atomic mass is 10.1. The molecule has 1 aliphatic rings. The van der Waals surface area contributed by atoms with Gasteiger partial charge in [-0.25, -0.2) is 0 Å². The number of aliphatic hydroxyl groups excluding tert-OH is 1. The number of carbonyl (C=O) groups excluding carboxylic acids is 1. The van der Waals surface area contributed by atoms with Gasteiger partial charge in [-0.15, -0.1) is 0 Å². The number of carbonyl (C=O) groups is 1. The Hall–Kier alpha value is -1.55. The first kappa shape index (κ1) is 12.9. The molecule has 0 saturated heterocycles. The van der Waals surface area contributed by atoms with Gasteiger partial charge in [0, 0.05) is 31.4 Å². The number of rotatable bonds is 5. The van der Waals surface area contributed by atoms with Crippen LogP contribution in [-0.4, -0.2) is 23.7 Å². The summed E-state index contributed by atoms with van der Waals surface area (Å²) in [5.41, 5.74) is 0. The predicted molar refractivity (Wildman–Crippen MR) is 68.0 cm³/mol. The van der Waals surface area contributed by atoms with E-state index in [1.54, 1.807) is 0 Å². The molecule has 0 spiro atoms. The molecule has 1 aromatic heterocycles. The van der Waals surface area contributed by atoms with E-state index in [0.29, 0.717) is 12.8 Å². The van der Waals surface area contributed by atoms with Gasteiger partial charge in [-0.2, -0.15) is 0 Å². The molecule has 18 heavy (non-hydrogen) atoms. The molecule has 1 amide bonds. The van der Waals surface area contributed by atoms with Gasteiger partial charge in [-0.1, -0.05) is 12.2 Å². The van der Waals surface area contributed by atoms with E-state index < -0.39 is 0 Å². The van der Waals surface area contributed by atoms with Crippen LogP contribution in [0.4, 0.5) is 0 Å². The number of nitrogens with one attached hydrogen (secondary N) is 1. The van der Waals surface area contributed by atoms with Gasteiger partial charge in [-0.3, -0.25) is 4.79 Å². The third-order valence-corrected chi connectivity index (χ3v) is 3.15. The average molecular weight is 249 g/mol. The zero-order valence-corrected chi connectivity index (χ0v) is 10.6. The molecule has 0 aliphatic heterocycles. The Bertz CT molecular complexity index is 436. The number of amides is 1. The van der Waals surface area contributed by atoms with Crippen molar-refractivity contribution >= 4 is 5.91 Å². The fourth-order valence-electron chi connectivity index (χ4n) is 2.15. The second-order valence-corrected chi connectivity index (χ2v) is 4.75. The van der Waals surface area contributed by atoms with Crippen molar-refractivity contribution in [3.63, 3.8) is 0 Å². The number of aryl methyl sites for hydroxylation is 2. The lowest BCUT2D eigenvalue weighted by Gasteiger charge is -2.12. The highest BCUT2D eigenvalue weighted by Crippen LogP contribution is 2.17. The summed E-state index contributed by atoms with van der Waals surface area (Å²) in [6.07, 6.45) is 5.76. The minimum atomic E-state index is 0.0253. The minimum Gasteiger partial charge on any atom is -0.466 e. The summed E-state index contributed by atoms with van der Waals surface area (Å²) in [5.74, 6) is 1.92. The Kier molecular flexibility index (Phi) is 4.20. The van der Waals surface area contributed by atoms with Crippen LogP contribution in [0.25, 0.3) is 0 Å². The van der Waals surface area contributed by atoms with Crippen LogP contribution in [0.1, 0.15) is 24.4 Å². The fourth-order valence-corrected chi connectivity index (χ4v) is 2.15. The van der Waals surface area contributed by atoms with E-state index in [2.05, 4.69) is 5.32 Å². The molecule has 4 heteroatoms.